The molecule has 1 heteroatoms. The van der Waals surface area contributed by atoms with E-state index in [1.165, 1.54) is 25.7 Å². The normalized spacial score (nSPS) is 8.53. The van der Waals surface area contributed by atoms with Crippen LogP contribution in [0.4, 0.5) is 0 Å². The zero-order valence-electron chi connectivity index (χ0n) is 12.8. The maximum atomic E-state index is 5.19. The van der Waals surface area contributed by atoms with Gasteiger partial charge in [0.15, 0.2) is 0 Å². The van der Waals surface area contributed by atoms with Gasteiger partial charge >= 0.3 is 17.4 Å². The van der Waals surface area contributed by atoms with E-state index in [1.54, 1.807) is 6.08 Å². The van der Waals surface area contributed by atoms with Crippen LogP contribution < -0.4 is 0 Å². The SMILES string of the molecule is [Al+3].[CH-]=CCCCCCC.[CH2-]C(C)C.[CH2-]C(C)C. The maximum absolute atomic E-state index is 5.19. The number of hydrogen-bond acceptors (Lipinski definition) is 0. The van der Waals surface area contributed by atoms with Crippen molar-refractivity contribution in [2.75, 3.05) is 0 Å². The van der Waals surface area contributed by atoms with E-state index in [0.717, 1.165) is 6.42 Å². The molecule has 0 aromatic heterocycles. The van der Waals surface area contributed by atoms with Gasteiger partial charge in [-0.25, -0.2) is 0 Å². The van der Waals surface area contributed by atoms with E-state index >= 15 is 0 Å². The zero-order valence-corrected chi connectivity index (χ0v) is 14.0. The molecule has 0 fully saturated rings. The van der Waals surface area contributed by atoms with Crippen molar-refractivity contribution in [3.05, 3.63) is 26.5 Å². The summed E-state index contributed by atoms with van der Waals surface area (Å²) in [5, 5.41) is 0. The Morgan fingerprint density at radius 2 is 1.29 bits per heavy atom. The Hall–Kier alpha value is 0.272. The summed E-state index contributed by atoms with van der Waals surface area (Å²) in [6.07, 6.45) is 8.10. The predicted molar refractivity (Wildman–Crippen MR) is 83.8 cm³/mol. The van der Waals surface area contributed by atoms with Gasteiger partial charge in [0.05, 0.1) is 0 Å². The van der Waals surface area contributed by atoms with E-state index in [2.05, 4.69) is 48.5 Å². The smallest absolute Gasteiger partial charge is 0.518 e. The molecule has 0 spiro atoms. The molecule has 0 atom stereocenters. The molecule has 0 rings (SSSR count). The van der Waals surface area contributed by atoms with Crippen molar-refractivity contribution >= 4 is 17.4 Å². The monoisotopic (exact) mass is 252 g/mol. The van der Waals surface area contributed by atoms with Gasteiger partial charge in [-0.1, -0.05) is 66.7 Å². The molecule has 0 aliphatic carbocycles. The predicted octanol–water partition coefficient (Wildman–Crippen LogP) is 5.52. The molecule has 0 amide bonds. The Morgan fingerprint density at radius 1 is 0.941 bits per heavy atom. The molecule has 0 saturated heterocycles. The first kappa shape index (κ1) is 26.0. The number of allylic oxidation sites excluding steroid dienone is 1. The van der Waals surface area contributed by atoms with Crippen molar-refractivity contribution in [3.63, 3.8) is 0 Å². The van der Waals surface area contributed by atoms with E-state index in [0.29, 0.717) is 11.8 Å². The van der Waals surface area contributed by atoms with E-state index in [1.807, 2.05) is 0 Å². The fourth-order valence-corrected chi connectivity index (χ4v) is 0.689. The molecule has 17 heavy (non-hydrogen) atoms. The summed E-state index contributed by atoms with van der Waals surface area (Å²) in [6, 6.07) is 0. The molecule has 0 saturated carbocycles. The largest absolute Gasteiger partial charge is 3.00 e. The van der Waals surface area contributed by atoms with Gasteiger partial charge in [-0.15, -0.1) is 0 Å². The minimum Gasteiger partial charge on any atom is -0.518 e. The van der Waals surface area contributed by atoms with Crippen molar-refractivity contribution in [2.45, 2.75) is 66.7 Å². The van der Waals surface area contributed by atoms with Gasteiger partial charge in [0.1, 0.15) is 0 Å². The average molecular weight is 252 g/mol. The minimum absolute atomic E-state index is 0. The summed E-state index contributed by atoms with van der Waals surface area (Å²) < 4.78 is 0. The van der Waals surface area contributed by atoms with Gasteiger partial charge in [-0.05, 0) is 0 Å². The Morgan fingerprint density at radius 3 is 1.53 bits per heavy atom. The first-order valence-electron chi connectivity index (χ1n) is 6.57. The van der Waals surface area contributed by atoms with Crippen LogP contribution >= 0.6 is 0 Å². The summed E-state index contributed by atoms with van der Waals surface area (Å²) in [7, 11) is 0. The van der Waals surface area contributed by atoms with E-state index in [-0.39, 0.29) is 17.4 Å². The number of rotatable bonds is 5. The first-order chi connectivity index (χ1) is 7.38. The van der Waals surface area contributed by atoms with Gasteiger partial charge in [0.2, 0.25) is 0 Å². The Balaban J connectivity index is -0.0000000806. The quantitative estimate of drug-likeness (QED) is 0.343. The molecule has 100 valence electrons. The summed E-state index contributed by atoms with van der Waals surface area (Å²) in [5.74, 6) is 1.17. The summed E-state index contributed by atoms with van der Waals surface area (Å²) in [4.78, 5) is 0. The first-order valence-corrected chi connectivity index (χ1v) is 6.57. The van der Waals surface area contributed by atoms with Gasteiger partial charge in [0, 0.05) is 0 Å². The summed E-state index contributed by atoms with van der Waals surface area (Å²) in [5.41, 5.74) is 0. The van der Waals surface area contributed by atoms with Crippen LogP contribution in [0.1, 0.15) is 66.7 Å². The molecule has 0 bridgehead atoms. The fourth-order valence-electron chi connectivity index (χ4n) is 0.689. The number of hydrogen-bond donors (Lipinski definition) is 0. The van der Waals surface area contributed by atoms with Crippen LogP contribution in [-0.4, -0.2) is 17.4 Å². The van der Waals surface area contributed by atoms with Crippen molar-refractivity contribution in [1.82, 2.24) is 0 Å². The average Bonchev–Trinajstić information content (AvgIpc) is 2.11. The van der Waals surface area contributed by atoms with Gasteiger partial charge in [0.25, 0.3) is 0 Å². The summed E-state index contributed by atoms with van der Waals surface area (Å²) in [6.45, 7) is 22.9. The molecule has 0 heterocycles. The molecule has 0 nitrogen and oxygen atoms in total. The van der Waals surface area contributed by atoms with Crippen molar-refractivity contribution < 1.29 is 0 Å². The van der Waals surface area contributed by atoms with Crippen molar-refractivity contribution in [1.29, 1.82) is 0 Å². The van der Waals surface area contributed by atoms with Crippen molar-refractivity contribution in [2.24, 2.45) is 11.8 Å². The maximum Gasteiger partial charge on any atom is 3.00 e. The molecule has 0 unspecified atom stereocenters. The molecule has 0 aromatic carbocycles. The molecular weight excluding hydrogens is 219 g/mol. The van der Waals surface area contributed by atoms with Gasteiger partial charge in [-0.3, -0.25) is 6.08 Å². The van der Waals surface area contributed by atoms with E-state index < -0.39 is 0 Å². The van der Waals surface area contributed by atoms with E-state index in [9.17, 15) is 0 Å². The molecule has 0 aliphatic rings. The summed E-state index contributed by atoms with van der Waals surface area (Å²) >= 11 is 0. The van der Waals surface area contributed by atoms with Crippen LogP contribution in [0.2, 0.25) is 0 Å². The molecule has 0 radical (unpaired) electrons. The van der Waals surface area contributed by atoms with Crippen LogP contribution in [0.15, 0.2) is 6.08 Å². The van der Waals surface area contributed by atoms with Crippen LogP contribution in [-0.2, 0) is 0 Å². The van der Waals surface area contributed by atoms with Crippen LogP contribution in [0.5, 0.6) is 0 Å². The Labute approximate surface area is 122 Å². The molecule has 0 aromatic rings. The fraction of sp³-hybridized carbons (Fsp3) is 0.750. The zero-order chi connectivity index (χ0) is 13.4. The topological polar surface area (TPSA) is 0 Å². The molecule has 0 aliphatic heterocycles. The van der Waals surface area contributed by atoms with Gasteiger partial charge < -0.3 is 20.4 Å². The number of unbranched alkanes of at least 4 members (excludes halogenated alkanes) is 4. The second kappa shape index (κ2) is 25.2. The third-order valence-corrected chi connectivity index (χ3v) is 1.22. The van der Waals surface area contributed by atoms with Crippen LogP contribution in [0, 0.1) is 32.3 Å². The molecular formula is C16H33Al. The van der Waals surface area contributed by atoms with Crippen molar-refractivity contribution in [3.8, 4) is 0 Å². The van der Waals surface area contributed by atoms with E-state index in [4.69, 9.17) is 6.58 Å². The third-order valence-electron chi connectivity index (χ3n) is 1.22. The second-order valence-corrected chi connectivity index (χ2v) is 4.87. The second-order valence-electron chi connectivity index (χ2n) is 4.87. The Bertz CT molecular complexity index is 94.6. The third kappa shape index (κ3) is 119. The standard InChI is InChI=1S/C8H15.2C4H9.Al/c1-3-5-7-8-6-4-2;2*1-4(2)3;/h1,3H,4-8H2,2H3;2*4H,1H2,2-3H3;/q3*-1;+3. The van der Waals surface area contributed by atoms with Crippen LogP contribution in [0.3, 0.4) is 0 Å². The van der Waals surface area contributed by atoms with Crippen LogP contribution in [0.25, 0.3) is 0 Å². The Kier molecular flexibility index (Phi) is 38.5. The minimum atomic E-state index is 0. The van der Waals surface area contributed by atoms with Gasteiger partial charge in [-0.2, -0.15) is 11.8 Å². The molecule has 0 N–H and O–H groups in total.